The van der Waals surface area contributed by atoms with E-state index in [0.29, 0.717) is 0 Å². The smallest absolute Gasteiger partial charge is 0.303 e. The molecule has 3 heterocycles. The van der Waals surface area contributed by atoms with Gasteiger partial charge in [-0.05, 0) is 60.0 Å². The number of carbonyl (C=O) groups is 1. The molecule has 162 valence electrons. The number of rotatable bonds is 5. The van der Waals surface area contributed by atoms with Gasteiger partial charge in [-0.1, -0.05) is 6.55 Å². The van der Waals surface area contributed by atoms with Crippen molar-refractivity contribution in [3.63, 3.8) is 0 Å². The Morgan fingerprint density at radius 3 is 2.68 bits per heavy atom. The number of hydrogen-bond donors (Lipinski definition) is 1. The molecule has 31 heavy (non-hydrogen) atoms. The Labute approximate surface area is 185 Å². The van der Waals surface area contributed by atoms with Crippen molar-refractivity contribution in [3.05, 3.63) is 41.6 Å². The lowest BCUT2D eigenvalue weighted by molar-refractivity contribution is -0.504. The molecule has 2 saturated heterocycles. The summed E-state index contributed by atoms with van der Waals surface area (Å²) < 4.78 is 2.49. The lowest BCUT2D eigenvalue weighted by Crippen LogP contribution is -2.52. The summed E-state index contributed by atoms with van der Waals surface area (Å²) in [7, 11) is -2.12. The fraction of sp³-hybridized carbons (Fsp3) is 0.480. The minimum atomic E-state index is -2.12. The molecule has 2 fully saturated rings. The number of fused-ring (bicyclic) bond motifs is 2. The Hall–Kier alpha value is -2.47. The maximum Gasteiger partial charge on any atom is 0.303 e. The van der Waals surface area contributed by atoms with Crippen LogP contribution < -0.4 is 10.1 Å². The predicted octanol–water partition coefficient (Wildman–Crippen LogP) is 3.81. The Morgan fingerprint density at radius 1 is 1.16 bits per heavy atom. The number of aliphatic carboxylic acids is 1. The highest BCUT2D eigenvalue weighted by atomic mass is 28.3. The molecule has 1 N–H and O–H groups in total. The molecule has 1 aromatic carbocycles. The topological polar surface area (TPSA) is 55.9 Å². The first-order chi connectivity index (χ1) is 15.0. The minimum absolute atomic E-state index is 0.238. The predicted molar refractivity (Wildman–Crippen MR) is 129 cm³/mol. The fourth-order valence-electron chi connectivity index (χ4n) is 5.61. The molecule has 4 aliphatic rings. The summed E-state index contributed by atoms with van der Waals surface area (Å²) in [6.07, 6.45) is 12.8. The summed E-state index contributed by atoms with van der Waals surface area (Å²) in [5.74, 6) is -0.699. The summed E-state index contributed by atoms with van der Waals surface area (Å²) in [4.78, 5) is 18.8. The van der Waals surface area contributed by atoms with E-state index in [1.165, 1.54) is 47.5 Å². The molecule has 1 atom stereocenters. The summed E-state index contributed by atoms with van der Waals surface area (Å²) in [5, 5.41) is 12.0. The number of carboxylic acid groups (broad SMARTS) is 1. The van der Waals surface area contributed by atoms with Gasteiger partial charge >= 0.3 is 5.97 Å². The van der Waals surface area contributed by atoms with Gasteiger partial charge in [0.15, 0.2) is 5.71 Å². The van der Waals surface area contributed by atoms with Crippen molar-refractivity contribution in [2.24, 2.45) is 4.99 Å². The zero-order valence-electron chi connectivity index (χ0n) is 18.4. The second kappa shape index (κ2) is 8.23. The second-order valence-electron chi connectivity index (χ2n) is 9.48. The number of allylic oxidation sites excluding steroid dienone is 4. The molecule has 6 heteroatoms. The van der Waals surface area contributed by atoms with Crippen LogP contribution in [0, 0.1) is 0 Å². The highest BCUT2D eigenvalue weighted by Crippen LogP contribution is 2.36. The minimum Gasteiger partial charge on any atom is -0.481 e. The van der Waals surface area contributed by atoms with E-state index < -0.39 is 14.0 Å². The van der Waals surface area contributed by atoms with E-state index in [1.807, 2.05) is 0 Å². The van der Waals surface area contributed by atoms with Crippen molar-refractivity contribution in [2.75, 3.05) is 31.1 Å². The quantitative estimate of drug-likeness (QED) is 0.436. The first kappa shape index (κ1) is 20.4. The number of hydrogen-bond acceptors (Lipinski definition) is 3. The largest absolute Gasteiger partial charge is 0.481 e. The summed E-state index contributed by atoms with van der Waals surface area (Å²) in [5.41, 5.74) is 4.80. The standard InChI is InChI=1S/C25H31N3O2Si/c1-31(16-6-7-25(29)30)23-17-19(27-12-2-3-13-27)8-10-21(23)26-22-11-9-20(18-24(22)31)28-14-4-5-15-28/h8-11,17-18H,2-7,12-16H2,1H3/p+1. The molecule has 1 aliphatic carbocycles. The highest BCUT2D eigenvalue weighted by Gasteiger charge is 2.42. The number of anilines is 1. The summed E-state index contributed by atoms with van der Waals surface area (Å²) in [6.45, 7) is 6.94. The molecule has 0 aromatic heterocycles. The third-order valence-corrected chi connectivity index (χ3v) is 11.9. The number of nitrogens with zero attached hydrogens (tertiary/aromatic N) is 3. The normalized spacial score (nSPS) is 24.7. The summed E-state index contributed by atoms with van der Waals surface area (Å²) in [6, 6.07) is 7.76. The van der Waals surface area contributed by atoms with Gasteiger partial charge in [0.2, 0.25) is 0 Å². The third-order valence-electron chi connectivity index (χ3n) is 7.40. The zero-order valence-corrected chi connectivity index (χ0v) is 19.4. The van der Waals surface area contributed by atoms with Crippen LogP contribution in [0.2, 0.25) is 12.6 Å². The molecule has 0 radical (unpaired) electrons. The molecule has 5 nitrogen and oxygen atoms in total. The van der Waals surface area contributed by atoms with Crippen molar-refractivity contribution in [2.45, 2.75) is 51.1 Å². The molecule has 1 aromatic rings. The van der Waals surface area contributed by atoms with E-state index in [9.17, 15) is 9.90 Å². The van der Waals surface area contributed by atoms with Crippen molar-refractivity contribution in [1.82, 2.24) is 0 Å². The van der Waals surface area contributed by atoms with Gasteiger partial charge in [-0.3, -0.25) is 4.79 Å². The van der Waals surface area contributed by atoms with Gasteiger partial charge in [-0.2, -0.15) is 0 Å². The first-order valence-electron chi connectivity index (χ1n) is 11.8. The number of carboxylic acids is 1. The van der Waals surface area contributed by atoms with E-state index in [4.69, 9.17) is 4.99 Å². The monoisotopic (exact) mass is 434 g/mol. The van der Waals surface area contributed by atoms with Crippen LogP contribution >= 0.6 is 0 Å². The van der Waals surface area contributed by atoms with Crippen molar-refractivity contribution in [3.8, 4) is 0 Å². The van der Waals surface area contributed by atoms with Gasteiger partial charge in [0.1, 0.15) is 21.2 Å². The Morgan fingerprint density at radius 2 is 1.94 bits per heavy atom. The molecule has 0 saturated carbocycles. The zero-order chi connectivity index (χ0) is 21.4. The van der Waals surface area contributed by atoms with E-state index in [0.717, 1.165) is 50.0 Å². The van der Waals surface area contributed by atoms with Gasteiger partial charge in [0.05, 0.1) is 11.4 Å². The van der Waals surface area contributed by atoms with E-state index >= 15 is 0 Å². The van der Waals surface area contributed by atoms with Crippen LogP contribution in [0.1, 0.15) is 38.5 Å². The molecule has 0 amide bonds. The van der Waals surface area contributed by atoms with Crippen LogP contribution in [0.5, 0.6) is 0 Å². The van der Waals surface area contributed by atoms with Crippen LogP contribution in [0.3, 0.4) is 0 Å². The Kier molecular flexibility index (Phi) is 5.42. The van der Waals surface area contributed by atoms with Crippen LogP contribution in [0.25, 0.3) is 0 Å². The lowest BCUT2D eigenvalue weighted by atomic mass is 10.1. The molecule has 5 rings (SSSR count). The molecule has 1 unspecified atom stereocenters. The lowest BCUT2D eigenvalue weighted by Gasteiger charge is -2.37. The van der Waals surface area contributed by atoms with Gasteiger partial charge < -0.3 is 10.0 Å². The van der Waals surface area contributed by atoms with Crippen LogP contribution in [0.15, 0.2) is 46.6 Å². The molecule has 3 aliphatic heterocycles. The molecular weight excluding hydrogens is 402 g/mol. The highest BCUT2D eigenvalue weighted by molar-refractivity contribution is 7.02. The second-order valence-corrected chi connectivity index (χ2v) is 13.7. The summed E-state index contributed by atoms with van der Waals surface area (Å²) >= 11 is 0. The SMILES string of the molecule is C[Si]1(CCCC(=O)O)C2=CC(=[N+]3CCCC3)C=CC2=Nc2ccc(N3CCCC3)cc21. The Balaban J connectivity index is 1.60. The fourth-order valence-corrected chi connectivity index (χ4v) is 9.66. The maximum absolute atomic E-state index is 11.3. The van der Waals surface area contributed by atoms with Crippen molar-refractivity contribution >= 4 is 42.0 Å². The average Bonchev–Trinajstić information content (AvgIpc) is 3.48. The molecular formula is C25H32N3O2Si+. The first-order valence-corrected chi connectivity index (χ1v) is 14.5. The Bertz CT molecular complexity index is 1030. The van der Waals surface area contributed by atoms with Crippen molar-refractivity contribution in [1.29, 1.82) is 0 Å². The van der Waals surface area contributed by atoms with Gasteiger partial charge in [0, 0.05) is 50.2 Å². The molecule has 0 bridgehead atoms. The van der Waals surface area contributed by atoms with Crippen molar-refractivity contribution < 1.29 is 14.5 Å². The van der Waals surface area contributed by atoms with Crippen LogP contribution in [-0.2, 0) is 4.79 Å². The van der Waals surface area contributed by atoms with Gasteiger partial charge in [-0.15, -0.1) is 0 Å². The number of aliphatic imine (C=N–C) groups is 1. The van der Waals surface area contributed by atoms with E-state index in [-0.39, 0.29) is 6.42 Å². The van der Waals surface area contributed by atoms with E-state index in [2.05, 4.69) is 52.4 Å². The van der Waals surface area contributed by atoms with Gasteiger partial charge in [-0.25, -0.2) is 9.57 Å². The third kappa shape index (κ3) is 3.82. The maximum atomic E-state index is 11.3. The van der Waals surface area contributed by atoms with Crippen LogP contribution in [0.4, 0.5) is 11.4 Å². The molecule has 0 spiro atoms. The van der Waals surface area contributed by atoms with Gasteiger partial charge in [0.25, 0.3) is 0 Å². The van der Waals surface area contributed by atoms with E-state index in [1.54, 1.807) is 0 Å². The number of benzene rings is 1. The average molecular weight is 435 g/mol. The van der Waals surface area contributed by atoms with Crippen LogP contribution in [-0.4, -0.2) is 61.3 Å².